The maximum absolute atomic E-state index is 12.5. The van der Waals surface area contributed by atoms with Gasteiger partial charge in [-0.3, -0.25) is 14.2 Å². The van der Waals surface area contributed by atoms with Gasteiger partial charge in [-0.05, 0) is 17.7 Å². The predicted octanol–water partition coefficient (Wildman–Crippen LogP) is -0.310. The summed E-state index contributed by atoms with van der Waals surface area (Å²) >= 11 is 0. The van der Waals surface area contributed by atoms with Crippen LogP contribution in [0.25, 0.3) is 0 Å². The number of hydrogen-bond acceptors (Lipinski definition) is 6. The van der Waals surface area contributed by atoms with E-state index in [-0.39, 0.29) is 25.4 Å². The molecule has 9 nitrogen and oxygen atoms in total. The monoisotopic (exact) mass is 347 g/mol. The number of nitrogens with zero attached hydrogens (tertiary/aromatic N) is 1. The highest BCUT2D eigenvalue weighted by Gasteiger charge is 2.17. The number of amides is 1. The molecule has 0 unspecified atom stereocenters. The van der Waals surface area contributed by atoms with Crippen molar-refractivity contribution >= 4 is 5.91 Å². The van der Waals surface area contributed by atoms with E-state index in [1.165, 1.54) is 7.11 Å². The van der Waals surface area contributed by atoms with Gasteiger partial charge in [-0.1, -0.05) is 6.07 Å². The van der Waals surface area contributed by atoms with E-state index >= 15 is 0 Å². The van der Waals surface area contributed by atoms with Gasteiger partial charge in [0.1, 0.15) is 5.56 Å². The molecule has 0 fully saturated rings. The molecule has 3 rings (SSSR count). The van der Waals surface area contributed by atoms with Crippen molar-refractivity contribution in [3.05, 3.63) is 56.4 Å². The van der Waals surface area contributed by atoms with E-state index in [9.17, 15) is 14.4 Å². The Labute approximate surface area is 142 Å². The van der Waals surface area contributed by atoms with Crippen molar-refractivity contribution < 1.29 is 19.0 Å². The van der Waals surface area contributed by atoms with Crippen LogP contribution in [0.3, 0.4) is 0 Å². The fourth-order valence-electron chi connectivity index (χ4n) is 2.40. The molecule has 1 amide bonds. The van der Waals surface area contributed by atoms with Crippen molar-refractivity contribution in [1.82, 2.24) is 14.9 Å². The van der Waals surface area contributed by atoms with Crippen molar-refractivity contribution in [2.45, 2.75) is 6.54 Å². The number of carbonyl (C=O) groups excluding carboxylic acids is 1. The van der Waals surface area contributed by atoms with E-state index in [4.69, 9.17) is 14.2 Å². The highest BCUT2D eigenvalue weighted by atomic mass is 16.7. The summed E-state index contributed by atoms with van der Waals surface area (Å²) in [5, 5.41) is 2.55. The Bertz CT molecular complexity index is 901. The number of methoxy groups -OCH3 is 1. The lowest BCUT2D eigenvalue weighted by atomic mass is 10.2. The van der Waals surface area contributed by atoms with Crippen molar-refractivity contribution in [2.75, 3.05) is 27.1 Å². The van der Waals surface area contributed by atoms with Crippen LogP contribution in [0.15, 0.2) is 34.0 Å². The van der Waals surface area contributed by atoms with Crippen molar-refractivity contribution in [3.63, 3.8) is 0 Å². The number of H-pyrrole nitrogens is 1. The molecular weight excluding hydrogens is 330 g/mol. The molecule has 25 heavy (non-hydrogen) atoms. The Balaban J connectivity index is 1.86. The van der Waals surface area contributed by atoms with Crippen LogP contribution < -0.4 is 26.0 Å². The molecular formula is C16H17N3O6. The number of benzene rings is 1. The van der Waals surface area contributed by atoms with Crippen LogP contribution >= 0.6 is 0 Å². The van der Waals surface area contributed by atoms with Crippen molar-refractivity contribution in [1.29, 1.82) is 0 Å². The average molecular weight is 347 g/mol. The molecule has 2 N–H and O–H groups in total. The molecule has 0 aliphatic carbocycles. The first-order chi connectivity index (χ1) is 12.1. The topological polar surface area (TPSA) is 112 Å². The fourth-order valence-corrected chi connectivity index (χ4v) is 2.40. The predicted molar refractivity (Wildman–Crippen MR) is 87.2 cm³/mol. The molecule has 0 spiro atoms. The Kier molecular flexibility index (Phi) is 4.85. The van der Waals surface area contributed by atoms with Gasteiger partial charge in [0.25, 0.3) is 11.5 Å². The zero-order chi connectivity index (χ0) is 17.8. The number of fused-ring (bicyclic) bond motifs is 1. The fraction of sp³-hybridized carbons (Fsp3) is 0.312. The minimum atomic E-state index is -0.670. The molecule has 2 heterocycles. The van der Waals surface area contributed by atoms with Crippen molar-refractivity contribution in [2.24, 2.45) is 0 Å². The Morgan fingerprint density at radius 3 is 2.92 bits per heavy atom. The van der Waals surface area contributed by atoms with Crippen LogP contribution in [0.1, 0.15) is 15.9 Å². The smallest absolute Gasteiger partial charge is 0.328 e. The maximum atomic E-state index is 12.5. The number of aromatic nitrogens is 2. The SMILES string of the molecule is COCCNC(=O)c1c[nH]c(=O)n(Cc2ccc3c(c2)OCO3)c1=O. The second kappa shape index (κ2) is 7.22. The molecule has 1 aliphatic heterocycles. The molecule has 1 aromatic carbocycles. The first kappa shape index (κ1) is 16.8. The van der Waals surface area contributed by atoms with Crippen LogP contribution in [-0.2, 0) is 11.3 Å². The molecule has 0 saturated carbocycles. The molecule has 9 heteroatoms. The Morgan fingerprint density at radius 1 is 1.32 bits per heavy atom. The minimum absolute atomic E-state index is 0.00397. The second-order valence-corrected chi connectivity index (χ2v) is 5.34. The number of ether oxygens (including phenoxy) is 3. The van der Waals surface area contributed by atoms with Gasteiger partial charge >= 0.3 is 5.69 Å². The van der Waals surface area contributed by atoms with Crippen LogP contribution in [0.4, 0.5) is 0 Å². The molecule has 0 atom stereocenters. The van der Waals surface area contributed by atoms with E-state index in [0.717, 1.165) is 10.8 Å². The van der Waals surface area contributed by atoms with Crippen molar-refractivity contribution in [3.8, 4) is 11.5 Å². The van der Waals surface area contributed by atoms with Crippen LogP contribution in [0.5, 0.6) is 11.5 Å². The van der Waals surface area contributed by atoms with Crippen LogP contribution in [0, 0.1) is 0 Å². The Hall–Kier alpha value is -3.07. The molecule has 1 aromatic heterocycles. The quantitative estimate of drug-likeness (QED) is 0.694. The van der Waals surface area contributed by atoms with Gasteiger partial charge in [-0.25, -0.2) is 4.79 Å². The van der Waals surface area contributed by atoms with Gasteiger partial charge in [0.15, 0.2) is 11.5 Å². The lowest BCUT2D eigenvalue weighted by Gasteiger charge is -2.08. The highest BCUT2D eigenvalue weighted by Crippen LogP contribution is 2.32. The highest BCUT2D eigenvalue weighted by molar-refractivity contribution is 5.93. The summed E-state index contributed by atoms with van der Waals surface area (Å²) < 4.78 is 16.3. The molecule has 0 bridgehead atoms. The Morgan fingerprint density at radius 2 is 2.12 bits per heavy atom. The second-order valence-electron chi connectivity index (χ2n) is 5.34. The van der Waals surface area contributed by atoms with Gasteiger partial charge < -0.3 is 24.5 Å². The summed E-state index contributed by atoms with van der Waals surface area (Å²) in [4.78, 5) is 39.0. The summed E-state index contributed by atoms with van der Waals surface area (Å²) in [5.41, 5.74) is -0.738. The zero-order valence-corrected chi connectivity index (χ0v) is 13.5. The molecule has 132 valence electrons. The number of aromatic amines is 1. The molecule has 0 saturated heterocycles. The van der Waals surface area contributed by atoms with Crippen LogP contribution in [0.2, 0.25) is 0 Å². The van der Waals surface area contributed by atoms with Gasteiger partial charge in [0.05, 0.1) is 13.2 Å². The third-order valence-electron chi connectivity index (χ3n) is 3.67. The first-order valence-electron chi connectivity index (χ1n) is 7.58. The summed E-state index contributed by atoms with van der Waals surface area (Å²) in [7, 11) is 1.50. The first-order valence-corrected chi connectivity index (χ1v) is 7.58. The van der Waals surface area contributed by atoms with Gasteiger partial charge in [-0.15, -0.1) is 0 Å². The number of hydrogen-bond donors (Lipinski definition) is 2. The zero-order valence-electron chi connectivity index (χ0n) is 13.5. The van der Waals surface area contributed by atoms with E-state index < -0.39 is 17.2 Å². The normalized spacial score (nSPS) is 12.2. The van der Waals surface area contributed by atoms with E-state index in [0.29, 0.717) is 23.7 Å². The summed E-state index contributed by atoms with van der Waals surface area (Å²) in [5.74, 6) is 0.587. The minimum Gasteiger partial charge on any atom is -0.454 e. The van der Waals surface area contributed by atoms with Crippen LogP contribution in [-0.4, -0.2) is 42.5 Å². The standard InChI is InChI=1S/C16H17N3O6/c1-23-5-4-17-14(20)11-7-18-16(22)19(15(11)21)8-10-2-3-12-13(6-10)25-9-24-12/h2-3,6-7H,4-5,8-9H2,1H3,(H,17,20)(H,18,22). The third kappa shape index (κ3) is 3.56. The van der Waals surface area contributed by atoms with E-state index in [1.807, 2.05) is 0 Å². The summed E-state index contributed by atoms with van der Waals surface area (Å²) in [6.07, 6.45) is 1.11. The number of carbonyl (C=O) groups is 1. The molecule has 0 radical (unpaired) electrons. The largest absolute Gasteiger partial charge is 0.454 e. The van der Waals surface area contributed by atoms with Gasteiger partial charge in [-0.2, -0.15) is 0 Å². The summed E-state index contributed by atoms with van der Waals surface area (Å²) in [6.45, 7) is 0.719. The van der Waals surface area contributed by atoms with Gasteiger partial charge in [0.2, 0.25) is 6.79 Å². The lowest BCUT2D eigenvalue weighted by molar-refractivity contribution is 0.0934. The molecule has 2 aromatic rings. The molecule has 1 aliphatic rings. The lowest BCUT2D eigenvalue weighted by Crippen LogP contribution is -2.41. The van der Waals surface area contributed by atoms with Gasteiger partial charge in [0, 0.05) is 19.9 Å². The maximum Gasteiger partial charge on any atom is 0.328 e. The van der Waals surface area contributed by atoms with E-state index in [2.05, 4.69) is 10.3 Å². The number of rotatable bonds is 6. The third-order valence-corrected chi connectivity index (χ3v) is 3.67. The number of nitrogens with one attached hydrogen (secondary N) is 2. The summed E-state index contributed by atoms with van der Waals surface area (Å²) in [6, 6.07) is 5.13. The van der Waals surface area contributed by atoms with E-state index in [1.54, 1.807) is 18.2 Å². The average Bonchev–Trinajstić information content (AvgIpc) is 3.06.